The molecule has 2 saturated heterocycles. The number of ether oxygens (including phenoxy) is 1. The number of hydrogen-bond donors (Lipinski definition) is 1. The number of alkyl halides is 3. The molecule has 0 bridgehead atoms. The fraction of sp³-hybridized carbons (Fsp3) is 0.579. The Labute approximate surface area is 166 Å². The van der Waals surface area contributed by atoms with E-state index in [1.54, 1.807) is 12.1 Å². The number of halogens is 4. The van der Waals surface area contributed by atoms with Gasteiger partial charge in [0, 0.05) is 13.2 Å². The summed E-state index contributed by atoms with van der Waals surface area (Å²) in [5, 5.41) is 7.12. The lowest BCUT2D eigenvalue weighted by Crippen LogP contribution is -2.46. The average molecular weight is 420 g/mol. The number of fused-ring (bicyclic) bond motifs is 1. The number of benzene rings is 1. The van der Waals surface area contributed by atoms with Gasteiger partial charge < -0.3 is 19.6 Å². The zero-order valence-corrected chi connectivity index (χ0v) is 16.2. The summed E-state index contributed by atoms with van der Waals surface area (Å²) >= 11 is 0. The van der Waals surface area contributed by atoms with Crippen LogP contribution in [0.4, 0.5) is 17.6 Å². The Morgan fingerprint density at radius 2 is 1.83 bits per heavy atom. The molecule has 6 nitrogen and oxygen atoms in total. The molecule has 1 N–H and O–H groups in total. The van der Waals surface area contributed by atoms with Gasteiger partial charge in [0.15, 0.2) is 0 Å². The summed E-state index contributed by atoms with van der Waals surface area (Å²) < 4.78 is 50.6. The standard InChI is InChI=1S/C17H23FN2O2.C2HF3O2/c1-19(2)15-11-20(14-4-3-9-22-17(14)15)16(21)10-12-5-7-13(18)8-6-12;3-2(4,5)1(6)7/h5-8,14-15,17H,3-4,9-11H2,1-2H3;(H,6,7)/t14-,15-,17+;/m1./s1. The maximum atomic E-state index is 13.0. The van der Waals surface area contributed by atoms with E-state index in [4.69, 9.17) is 14.6 Å². The van der Waals surface area contributed by atoms with Crippen molar-refractivity contribution in [3.8, 4) is 0 Å². The van der Waals surface area contributed by atoms with Crippen molar-refractivity contribution in [3.63, 3.8) is 0 Å². The lowest BCUT2D eigenvalue weighted by Gasteiger charge is -2.33. The van der Waals surface area contributed by atoms with Gasteiger partial charge >= 0.3 is 12.1 Å². The SMILES string of the molecule is CN(C)[C@@H]1CN(C(=O)Cc2ccc(F)cc2)[C@@H]2CCCO[C@H]12.O=C(O)C(F)(F)F. The summed E-state index contributed by atoms with van der Waals surface area (Å²) in [6.07, 6.45) is -2.64. The molecule has 0 saturated carbocycles. The number of amides is 1. The quantitative estimate of drug-likeness (QED) is 0.761. The lowest BCUT2D eigenvalue weighted by molar-refractivity contribution is -0.192. The zero-order valence-electron chi connectivity index (χ0n) is 16.2. The summed E-state index contributed by atoms with van der Waals surface area (Å²) in [5.74, 6) is -2.92. The Balaban J connectivity index is 0.000000370. The fourth-order valence-electron chi connectivity index (χ4n) is 3.55. The molecule has 0 unspecified atom stereocenters. The Morgan fingerprint density at radius 1 is 1.24 bits per heavy atom. The number of nitrogens with zero attached hydrogens (tertiary/aromatic N) is 2. The van der Waals surface area contributed by atoms with E-state index in [-0.39, 0.29) is 29.9 Å². The highest BCUT2D eigenvalue weighted by molar-refractivity contribution is 5.79. The summed E-state index contributed by atoms with van der Waals surface area (Å²) in [6, 6.07) is 6.60. The van der Waals surface area contributed by atoms with Gasteiger partial charge in [-0.05, 0) is 44.6 Å². The predicted molar refractivity (Wildman–Crippen MR) is 95.7 cm³/mol. The third-order valence-electron chi connectivity index (χ3n) is 4.99. The van der Waals surface area contributed by atoms with Gasteiger partial charge in [-0.3, -0.25) is 4.79 Å². The van der Waals surface area contributed by atoms with Crippen LogP contribution in [0.1, 0.15) is 18.4 Å². The van der Waals surface area contributed by atoms with Crippen LogP contribution in [0.3, 0.4) is 0 Å². The van der Waals surface area contributed by atoms with Gasteiger partial charge in [-0.25, -0.2) is 9.18 Å². The molecule has 1 aromatic rings. The summed E-state index contributed by atoms with van der Waals surface area (Å²) in [5.41, 5.74) is 0.855. The molecular weight excluding hydrogens is 396 g/mol. The molecule has 1 aromatic carbocycles. The lowest BCUT2D eigenvalue weighted by atomic mass is 10.0. The van der Waals surface area contributed by atoms with E-state index < -0.39 is 12.1 Å². The molecule has 10 heteroatoms. The minimum absolute atomic E-state index is 0.108. The van der Waals surface area contributed by atoms with Gasteiger partial charge in [0.2, 0.25) is 5.91 Å². The van der Waals surface area contributed by atoms with Crippen molar-refractivity contribution in [1.29, 1.82) is 0 Å². The molecule has 2 fully saturated rings. The summed E-state index contributed by atoms with van der Waals surface area (Å²) in [4.78, 5) is 25.7. The number of likely N-dealkylation sites (N-methyl/N-ethyl adjacent to an activating group) is 1. The van der Waals surface area contributed by atoms with Crippen LogP contribution in [0.25, 0.3) is 0 Å². The van der Waals surface area contributed by atoms with Crippen LogP contribution >= 0.6 is 0 Å². The second-order valence-electron chi connectivity index (χ2n) is 7.23. The van der Waals surface area contributed by atoms with E-state index in [1.165, 1.54) is 12.1 Å². The molecule has 0 aromatic heterocycles. The van der Waals surface area contributed by atoms with Crippen LogP contribution in [-0.4, -0.2) is 78.4 Å². The maximum Gasteiger partial charge on any atom is 0.490 e. The normalized spacial score (nSPS) is 24.0. The first-order chi connectivity index (χ1) is 13.5. The number of carbonyl (C=O) groups excluding carboxylic acids is 1. The number of likely N-dealkylation sites (tertiary alicyclic amines) is 1. The van der Waals surface area contributed by atoms with Crippen molar-refractivity contribution in [3.05, 3.63) is 35.6 Å². The van der Waals surface area contributed by atoms with Gasteiger partial charge in [-0.2, -0.15) is 13.2 Å². The number of hydrogen-bond acceptors (Lipinski definition) is 4. The molecule has 29 heavy (non-hydrogen) atoms. The Morgan fingerprint density at radius 3 is 2.34 bits per heavy atom. The number of rotatable bonds is 3. The molecule has 1 amide bonds. The molecule has 0 radical (unpaired) electrons. The largest absolute Gasteiger partial charge is 0.490 e. The molecule has 0 aliphatic carbocycles. The molecule has 162 valence electrons. The highest BCUT2D eigenvalue weighted by atomic mass is 19.4. The Kier molecular flexibility index (Phi) is 7.59. The average Bonchev–Trinajstić information content (AvgIpc) is 3.03. The smallest absolute Gasteiger partial charge is 0.475 e. The highest BCUT2D eigenvalue weighted by Crippen LogP contribution is 2.31. The van der Waals surface area contributed by atoms with Gasteiger partial charge in [0.1, 0.15) is 5.82 Å². The van der Waals surface area contributed by atoms with Crippen molar-refractivity contribution < 1.29 is 37.0 Å². The van der Waals surface area contributed by atoms with E-state index in [2.05, 4.69) is 4.90 Å². The number of carboxylic acids is 1. The Hall–Kier alpha value is -2.20. The second-order valence-corrected chi connectivity index (χ2v) is 7.23. The first-order valence-electron chi connectivity index (χ1n) is 9.12. The monoisotopic (exact) mass is 420 g/mol. The van der Waals surface area contributed by atoms with E-state index in [0.29, 0.717) is 13.0 Å². The molecule has 0 spiro atoms. The van der Waals surface area contributed by atoms with E-state index >= 15 is 0 Å². The third kappa shape index (κ3) is 6.14. The fourth-order valence-corrected chi connectivity index (χ4v) is 3.55. The van der Waals surface area contributed by atoms with Crippen LogP contribution in [0.5, 0.6) is 0 Å². The van der Waals surface area contributed by atoms with Crippen molar-refractivity contribution in [2.24, 2.45) is 0 Å². The van der Waals surface area contributed by atoms with E-state index in [9.17, 15) is 22.4 Å². The minimum atomic E-state index is -5.08. The van der Waals surface area contributed by atoms with E-state index in [1.807, 2.05) is 19.0 Å². The van der Waals surface area contributed by atoms with Crippen molar-refractivity contribution in [2.75, 3.05) is 27.2 Å². The third-order valence-corrected chi connectivity index (χ3v) is 4.99. The molecule has 3 atom stereocenters. The molecular formula is C19H24F4N2O4. The van der Waals surface area contributed by atoms with Crippen molar-refractivity contribution in [1.82, 2.24) is 9.80 Å². The second kappa shape index (κ2) is 9.53. The zero-order chi connectivity index (χ0) is 21.8. The van der Waals surface area contributed by atoms with Gasteiger partial charge in [-0.1, -0.05) is 12.1 Å². The first kappa shape index (κ1) is 23.1. The number of aliphatic carboxylic acids is 1. The topological polar surface area (TPSA) is 70.1 Å². The predicted octanol–water partition coefficient (Wildman–Crippen LogP) is 2.32. The molecule has 2 heterocycles. The molecule has 2 aliphatic heterocycles. The number of carboxylic acid groups (broad SMARTS) is 1. The minimum Gasteiger partial charge on any atom is -0.475 e. The van der Waals surface area contributed by atoms with Crippen molar-refractivity contribution >= 4 is 11.9 Å². The van der Waals surface area contributed by atoms with Gasteiger partial charge in [0.25, 0.3) is 0 Å². The summed E-state index contributed by atoms with van der Waals surface area (Å²) in [6.45, 7) is 1.49. The van der Waals surface area contributed by atoms with Crippen LogP contribution in [0.15, 0.2) is 24.3 Å². The highest BCUT2D eigenvalue weighted by Gasteiger charge is 2.46. The van der Waals surface area contributed by atoms with Crippen molar-refractivity contribution in [2.45, 2.75) is 43.6 Å². The number of carbonyl (C=O) groups is 2. The summed E-state index contributed by atoms with van der Waals surface area (Å²) in [7, 11) is 4.07. The van der Waals surface area contributed by atoms with Crippen LogP contribution in [0, 0.1) is 5.82 Å². The van der Waals surface area contributed by atoms with Crippen LogP contribution in [0.2, 0.25) is 0 Å². The Bertz CT molecular complexity index is 709. The van der Waals surface area contributed by atoms with E-state index in [0.717, 1.165) is 25.0 Å². The molecule has 2 aliphatic rings. The maximum absolute atomic E-state index is 13.0. The van der Waals surface area contributed by atoms with Gasteiger partial charge in [0.05, 0.1) is 24.6 Å². The van der Waals surface area contributed by atoms with Gasteiger partial charge in [-0.15, -0.1) is 0 Å². The van der Waals surface area contributed by atoms with Crippen LogP contribution < -0.4 is 0 Å². The first-order valence-corrected chi connectivity index (χ1v) is 9.12. The van der Waals surface area contributed by atoms with Crippen LogP contribution in [-0.2, 0) is 20.7 Å². The molecule has 3 rings (SSSR count).